The molecule has 4 heteroatoms. The first kappa shape index (κ1) is 14.2. The van der Waals surface area contributed by atoms with Crippen molar-refractivity contribution in [3.63, 3.8) is 0 Å². The van der Waals surface area contributed by atoms with E-state index in [-0.39, 0.29) is 0 Å². The highest BCUT2D eigenvalue weighted by molar-refractivity contribution is 5.71. The molecule has 20 heavy (non-hydrogen) atoms. The maximum Gasteiger partial charge on any atom is 0.161 e. The van der Waals surface area contributed by atoms with E-state index in [4.69, 9.17) is 19.9 Å². The van der Waals surface area contributed by atoms with Gasteiger partial charge in [-0.05, 0) is 41.0 Å². The van der Waals surface area contributed by atoms with Gasteiger partial charge in [-0.25, -0.2) is 0 Å². The fraction of sp³-hybridized carbons (Fsp3) is 0.250. The number of hydrogen-bond acceptors (Lipinski definition) is 4. The second kappa shape index (κ2) is 6.30. The quantitative estimate of drug-likeness (QED) is 0.910. The molecular weight excluding hydrogens is 254 g/mol. The van der Waals surface area contributed by atoms with Gasteiger partial charge >= 0.3 is 0 Å². The highest BCUT2D eigenvalue weighted by Gasteiger charge is 2.11. The standard InChI is InChI=1S/C16H19NO3/c1-18-13-6-4-11(5-7-13)14-9-16(20-3)15(19-2)8-12(14)10-17/h4-9H,10,17H2,1-3H3. The van der Waals surface area contributed by atoms with E-state index in [2.05, 4.69) is 0 Å². The summed E-state index contributed by atoms with van der Waals surface area (Å²) in [6, 6.07) is 11.7. The summed E-state index contributed by atoms with van der Waals surface area (Å²) in [6.45, 7) is 0.432. The molecule has 0 aliphatic rings. The first-order valence-corrected chi connectivity index (χ1v) is 6.32. The monoisotopic (exact) mass is 273 g/mol. The van der Waals surface area contributed by atoms with Crippen LogP contribution in [-0.2, 0) is 6.54 Å². The van der Waals surface area contributed by atoms with Crippen molar-refractivity contribution in [1.29, 1.82) is 0 Å². The second-order valence-electron chi connectivity index (χ2n) is 4.30. The zero-order valence-electron chi connectivity index (χ0n) is 12.0. The average molecular weight is 273 g/mol. The van der Waals surface area contributed by atoms with Crippen LogP contribution in [0.5, 0.6) is 17.2 Å². The number of benzene rings is 2. The van der Waals surface area contributed by atoms with E-state index in [0.717, 1.165) is 22.4 Å². The Kier molecular flexibility index (Phi) is 4.48. The minimum Gasteiger partial charge on any atom is -0.497 e. The molecule has 0 atom stereocenters. The van der Waals surface area contributed by atoms with E-state index < -0.39 is 0 Å². The molecule has 2 aromatic carbocycles. The highest BCUT2D eigenvalue weighted by Crippen LogP contribution is 2.36. The predicted octanol–water partition coefficient (Wildman–Crippen LogP) is 2.84. The Labute approximate surface area is 119 Å². The smallest absolute Gasteiger partial charge is 0.161 e. The van der Waals surface area contributed by atoms with Crippen LogP contribution >= 0.6 is 0 Å². The zero-order valence-corrected chi connectivity index (χ0v) is 12.0. The predicted molar refractivity (Wildman–Crippen MR) is 79.4 cm³/mol. The third-order valence-electron chi connectivity index (χ3n) is 3.23. The van der Waals surface area contributed by atoms with Crippen LogP contribution in [0.1, 0.15) is 5.56 Å². The average Bonchev–Trinajstić information content (AvgIpc) is 2.53. The molecule has 0 aliphatic carbocycles. The lowest BCUT2D eigenvalue weighted by Crippen LogP contribution is -2.01. The van der Waals surface area contributed by atoms with Crippen molar-refractivity contribution >= 4 is 0 Å². The number of rotatable bonds is 5. The van der Waals surface area contributed by atoms with Gasteiger partial charge < -0.3 is 19.9 Å². The molecule has 0 amide bonds. The van der Waals surface area contributed by atoms with E-state index in [1.165, 1.54) is 0 Å². The van der Waals surface area contributed by atoms with Gasteiger partial charge in [0.1, 0.15) is 5.75 Å². The van der Waals surface area contributed by atoms with Gasteiger partial charge in [-0.2, -0.15) is 0 Å². The molecule has 2 N–H and O–H groups in total. The normalized spacial score (nSPS) is 10.2. The second-order valence-corrected chi connectivity index (χ2v) is 4.30. The van der Waals surface area contributed by atoms with Crippen molar-refractivity contribution < 1.29 is 14.2 Å². The summed E-state index contributed by atoms with van der Waals surface area (Å²) < 4.78 is 15.8. The molecule has 0 radical (unpaired) electrons. The third-order valence-corrected chi connectivity index (χ3v) is 3.23. The summed E-state index contributed by atoms with van der Waals surface area (Å²) in [6.07, 6.45) is 0. The van der Waals surface area contributed by atoms with Gasteiger partial charge in [0.2, 0.25) is 0 Å². The topological polar surface area (TPSA) is 53.7 Å². The fourth-order valence-electron chi connectivity index (χ4n) is 2.13. The maximum atomic E-state index is 5.84. The van der Waals surface area contributed by atoms with E-state index in [1.807, 2.05) is 36.4 Å². The molecule has 106 valence electrons. The van der Waals surface area contributed by atoms with Crippen LogP contribution in [-0.4, -0.2) is 21.3 Å². The summed E-state index contributed by atoms with van der Waals surface area (Å²) in [4.78, 5) is 0. The lowest BCUT2D eigenvalue weighted by atomic mass is 9.98. The molecule has 0 unspecified atom stereocenters. The Morgan fingerprint density at radius 1 is 0.850 bits per heavy atom. The van der Waals surface area contributed by atoms with Crippen LogP contribution in [0.4, 0.5) is 0 Å². The van der Waals surface area contributed by atoms with Gasteiger partial charge in [0.15, 0.2) is 11.5 Å². The van der Waals surface area contributed by atoms with E-state index >= 15 is 0 Å². The van der Waals surface area contributed by atoms with E-state index in [1.54, 1.807) is 21.3 Å². The van der Waals surface area contributed by atoms with Crippen molar-refractivity contribution in [2.24, 2.45) is 5.73 Å². The highest BCUT2D eigenvalue weighted by atomic mass is 16.5. The molecule has 2 aromatic rings. The lowest BCUT2D eigenvalue weighted by molar-refractivity contribution is 0.354. The first-order valence-electron chi connectivity index (χ1n) is 6.32. The van der Waals surface area contributed by atoms with Gasteiger partial charge in [0.25, 0.3) is 0 Å². The molecule has 0 aliphatic heterocycles. The molecule has 0 fully saturated rings. The van der Waals surface area contributed by atoms with E-state index in [9.17, 15) is 0 Å². The Balaban J connectivity index is 2.53. The molecule has 0 heterocycles. The Morgan fingerprint density at radius 2 is 1.45 bits per heavy atom. The van der Waals surface area contributed by atoms with Crippen LogP contribution in [0.3, 0.4) is 0 Å². The summed E-state index contributed by atoms with van der Waals surface area (Å²) >= 11 is 0. The van der Waals surface area contributed by atoms with Crippen molar-refractivity contribution in [3.8, 4) is 28.4 Å². The SMILES string of the molecule is COc1ccc(-c2cc(OC)c(OC)cc2CN)cc1. The number of methoxy groups -OCH3 is 3. The van der Waals surface area contributed by atoms with Gasteiger partial charge in [0, 0.05) is 6.54 Å². The zero-order chi connectivity index (χ0) is 14.5. The van der Waals surface area contributed by atoms with Crippen LogP contribution in [0.15, 0.2) is 36.4 Å². The molecular formula is C16H19NO3. The molecule has 0 spiro atoms. The van der Waals surface area contributed by atoms with Crippen molar-refractivity contribution in [3.05, 3.63) is 42.0 Å². The summed E-state index contributed by atoms with van der Waals surface area (Å²) in [5, 5.41) is 0. The van der Waals surface area contributed by atoms with E-state index in [0.29, 0.717) is 18.0 Å². The maximum absolute atomic E-state index is 5.84. The Bertz CT molecular complexity index is 579. The molecule has 2 rings (SSSR count). The van der Waals surface area contributed by atoms with Crippen molar-refractivity contribution in [2.45, 2.75) is 6.54 Å². The van der Waals surface area contributed by atoms with Gasteiger partial charge in [-0.1, -0.05) is 12.1 Å². The molecule has 0 bridgehead atoms. The van der Waals surface area contributed by atoms with Crippen molar-refractivity contribution in [1.82, 2.24) is 0 Å². The molecule has 4 nitrogen and oxygen atoms in total. The fourth-order valence-corrected chi connectivity index (χ4v) is 2.13. The Morgan fingerprint density at radius 3 is 1.95 bits per heavy atom. The van der Waals surface area contributed by atoms with Crippen LogP contribution in [0.25, 0.3) is 11.1 Å². The largest absolute Gasteiger partial charge is 0.497 e. The van der Waals surface area contributed by atoms with Gasteiger partial charge in [-0.15, -0.1) is 0 Å². The number of hydrogen-bond donors (Lipinski definition) is 1. The molecule has 0 saturated heterocycles. The van der Waals surface area contributed by atoms with Gasteiger partial charge in [0.05, 0.1) is 21.3 Å². The Hall–Kier alpha value is -2.20. The van der Waals surface area contributed by atoms with Crippen LogP contribution in [0.2, 0.25) is 0 Å². The minimum absolute atomic E-state index is 0.432. The van der Waals surface area contributed by atoms with Gasteiger partial charge in [-0.3, -0.25) is 0 Å². The first-order chi connectivity index (χ1) is 9.73. The lowest BCUT2D eigenvalue weighted by Gasteiger charge is -2.14. The van der Waals surface area contributed by atoms with Crippen LogP contribution in [0, 0.1) is 0 Å². The summed E-state index contributed by atoms with van der Waals surface area (Å²) in [5.41, 5.74) is 8.94. The number of ether oxygens (including phenoxy) is 3. The summed E-state index contributed by atoms with van der Waals surface area (Å²) in [7, 11) is 4.89. The van der Waals surface area contributed by atoms with Crippen LogP contribution < -0.4 is 19.9 Å². The third kappa shape index (κ3) is 2.70. The molecule has 0 saturated carbocycles. The van der Waals surface area contributed by atoms with Crippen molar-refractivity contribution in [2.75, 3.05) is 21.3 Å². The molecule has 0 aromatic heterocycles. The minimum atomic E-state index is 0.432. The summed E-state index contributed by atoms with van der Waals surface area (Å²) in [5.74, 6) is 2.20. The number of nitrogens with two attached hydrogens (primary N) is 1.